The summed E-state index contributed by atoms with van der Waals surface area (Å²) in [6.45, 7) is 2.59. The lowest BCUT2D eigenvalue weighted by Gasteiger charge is -2.10. The van der Waals surface area contributed by atoms with E-state index in [0.29, 0.717) is 22.8 Å². The highest BCUT2D eigenvalue weighted by Gasteiger charge is 2.20. The van der Waals surface area contributed by atoms with E-state index in [4.69, 9.17) is 9.47 Å². The average Bonchev–Trinajstić information content (AvgIpc) is 3.32. The molecule has 23 heavy (non-hydrogen) atoms. The van der Waals surface area contributed by atoms with Gasteiger partial charge in [0, 0.05) is 26.3 Å². The summed E-state index contributed by atoms with van der Waals surface area (Å²) < 4.78 is 11.0. The Morgan fingerprint density at radius 1 is 0.957 bits per heavy atom. The lowest BCUT2D eigenvalue weighted by molar-refractivity contribution is 0.0859. The second kappa shape index (κ2) is 7.90. The molecule has 0 saturated carbocycles. The van der Waals surface area contributed by atoms with Crippen LogP contribution in [0.15, 0.2) is 12.1 Å². The molecule has 0 bridgehead atoms. The number of hydrogen-bond acceptors (Lipinski definition) is 5. The molecule has 6 nitrogen and oxygen atoms in total. The van der Waals surface area contributed by atoms with Crippen LogP contribution in [-0.2, 0) is 9.47 Å². The molecule has 1 aromatic rings. The van der Waals surface area contributed by atoms with Gasteiger partial charge in [-0.05, 0) is 37.8 Å². The van der Waals surface area contributed by atoms with Gasteiger partial charge in [0.2, 0.25) is 0 Å². The van der Waals surface area contributed by atoms with E-state index < -0.39 is 0 Å². The number of nitrogens with one attached hydrogen (secondary N) is 2. The first-order valence-electron chi connectivity index (χ1n) is 8.12. The Bertz CT molecular complexity index is 502. The molecular formula is C16H22N2O4S. The third-order valence-electron chi connectivity index (χ3n) is 4.08. The zero-order chi connectivity index (χ0) is 16.1. The molecule has 2 amide bonds. The number of carbonyl (C=O) groups excluding carboxylic acids is 2. The minimum absolute atomic E-state index is 0.119. The van der Waals surface area contributed by atoms with E-state index in [1.54, 1.807) is 12.1 Å². The van der Waals surface area contributed by atoms with Crippen molar-refractivity contribution < 1.29 is 19.1 Å². The Morgan fingerprint density at radius 2 is 1.43 bits per heavy atom. The van der Waals surface area contributed by atoms with Gasteiger partial charge in [-0.2, -0.15) is 0 Å². The second-order valence-electron chi connectivity index (χ2n) is 5.85. The zero-order valence-electron chi connectivity index (χ0n) is 13.0. The fourth-order valence-corrected chi connectivity index (χ4v) is 3.62. The van der Waals surface area contributed by atoms with Crippen molar-refractivity contribution in [2.75, 3.05) is 26.3 Å². The van der Waals surface area contributed by atoms with Gasteiger partial charge in [-0.1, -0.05) is 0 Å². The number of ether oxygens (including phenoxy) is 2. The lowest BCUT2D eigenvalue weighted by atomic mass is 10.2. The van der Waals surface area contributed by atoms with E-state index >= 15 is 0 Å². The van der Waals surface area contributed by atoms with Crippen molar-refractivity contribution in [1.29, 1.82) is 0 Å². The number of amides is 2. The average molecular weight is 338 g/mol. The first kappa shape index (κ1) is 16.4. The van der Waals surface area contributed by atoms with Crippen molar-refractivity contribution in [1.82, 2.24) is 10.6 Å². The molecule has 2 atom stereocenters. The maximum absolute atomic E-state index is 12.1. The maximum Gasteiger partial charge on any atom is 0.261 e. The molecule has 0 aromatic carbocycles. The largest absolute Gasteiger partial charge is 0.376 e. The van der Waals surface area contributed by atoms with Crippen LogP contribution in [-0.4, -0.2) is 50.3 Å². The SMILES string of the molecule is O=C(NC[C@@H]1CCCO1)c1ccc(C(=O)NC[C@@H]2CCCO2)s1. The first-order chi connectivity index (χ1) is 11.2. The van der Waals surface area contributed by atoms with Gasteiger partial charge < -0.3 is 20.1 Å². The van der Waals surface area contributed by atoms with Gasteiger partial charge in [-0.15, -0.1) is 11.3 Å². The maximum atomic E-state index is 12.1. The van der Waals surface area contributed by atoms with E-state index in [1.165, 1.54) is 11.3 Å². The number of hydrogen-bond donors (Lipinski definition) is 2. The molecule has 126 valence electrons. The van der Waals surface area contributed by atoms with Crippen LogP contribution >= 0.6 is 11.3 Å². The number of carbonyl (C=O) groups is 2. The second-order valence-corrected chi connectivity index (χ2v) is 6.94. The molecule has 7 heteroatoms. The smallest absolute Gasteiger partial charge is 0.261 e. The Kier molecular flexibility index (Phi) is 5.64. The number of thiophene rings is 1. The van der Waals surface area contributed by atoms with Crippen molar-refractivity contribution in [3.05, 3.63) is 21.9 Å². The van der Waals surface area contributed by atoms with Crippen molar-refractivity contribution in [2.45, 2.75) is 37.9 Å². The van der Waals surface area contributed by atoms with Gasteiger partial charge in [-0.25, -0.2) is 0 Å². The Morgan fingerprint density at radius 3 is 1.83 bits per heavy atom. The summed E-state index contributed by atoms with van der Waals surface area (Å²) in [5.74, 6) is -0.299. The van der Waals surface area contributed by atoms with Gasteiger partial charge in [-0.3, -0.25) is 9.59 Å². The predicted octanol–water partition coefficient (Wildman–Crippen LogP) is 1.57. The van der Waals surface area contributed by atoms with Crippen LogP contribution in [0, 0.1) is 0 Å². The topological polar surface area (TPSA) is 76.7 Å². The Labute approximate surface area is 139 Å². The minimum atomic E-state index is -0.149. The lowest BCUT2D eigenvalue weighted by Crippen LogP contribution is -2.31. The van der Waals surface area contributed by atoms with Gasteiger partial charge in [0.15, 0.2) is 0 Å². The molecule has 2 saturated heterocycles. The van der Waals surface area contributed by atoms with Crippen molar-refractivity contribution in [2.24, 2.45) is 0 Å². The van der Waals surface area contributed by atoms with Gasteiger partial charge in [0.05, 0.1) is 22.0 Å². The van der Waals surface area contributed by atoms with Crippen LogP contribution in [0.2, 0.25) is 0 Å². The highest BCUT2D eigenvalue weighted by molar-refractivity contribution is 7.15. The summed E-state index contributed by atoms with van der Waals surface area (Å²) in [6, 6.07) is 3.38. The fourth-order valence-electron chi connectivity index (χ4n) is 2.78. The molecule has 0 unspecified atom stereocenters. The third-order valence-corrected chi connectivity index (χ3v) is 5.16. The van der Waals surface area contributed by atoms with Gasteiger partial charge in [0.1, 0.15) is 0 Å². The van der Waals surface area contributed by atoms with Crippen LogP contribution in [0.3, 0.4) is 0 Å². The molecule has 3 rings (SSSR count). The standard InChI is InChI=1S/C16H22N2O4S/c19-15(17-9-11-3-1-7-21-11)13-5-6-14(23-13)16(20)18-10-12-4-2-8-22-12/h5-6,11-12H,1-4,7-10H2,(H,17,19)(H,18,20)/t11-,12-/m0/s1. The summed E-state index contributed by atoms with van der Waals surface area (Å²) >= 11 is 1.21. The van der Waals surface area contributed by atoms with Crippen LogP contribution in [0.1, 0.15) is 45.0 Å². The highest BCUT2D eigenvalue weighted by Crippen LogP contribution is 2.17. The molecule has 0 radical (unpaired) electrons. The van der Waals surface area contributed by atoms with Crippen molar-refractivity contribution >= 4 is 23.2 Å². The van der Waals surface area contributed by atoms with Gasteiger partial charge >= 0.3 is 0 Å². The fraction of sp³-hybridized carbons (Fsp3) is 0.625. The van der Waals surface area contributed by atoms with Crippen LogP contribution in [0.25, 0.3) is 0 Å². The predicted molar refractivity (Wildman–Crippen MR) is 86.9 cm³/mol. The molecule has 3 heterocycles. The van der Waals surface area contributed by atoms with Gasteiger partial charge in [0.25, 0.3) is 11.8 Å². The van der Waals surface area contributed by atoms with E-state index in [1.807, 2.05) is 0 Å². The summed E-state index contributed by atoms with van der Waals surface area (Å²) in [4.78, 5) is 25.3. The molecule has 0 aliphatic carbocycles. The first-order valence-corrected chi connectivity index (χ1v) is 8.93. The van der Waals surface area contributed by atoms with E-state index in [2.05, 4.69) is 10.6 Å². The molecule has 1 aromatic heterocycles. The van der Waals surface area contributed by atoms with Crippen LogP contribution < -0.4 is 10.6 Å². The quantitative estimate of drug-likeness (QED) is 0.825. The van der Waals surface area contributed by atoms with Crippen molar-refractivity contribution in [3.8, 4) is 0 Å². The normalized spacial score (nSPS) is 23.8. The summed E-state index contributed by atoms with van der Waals surface area (Å²) in [6.07, 6.45) is 4.31. The molecule has 2 fully saturated rings. The van der Waals surface area contributed by atoms with E-state index in [0.717, 1.165) is 38.9 Å². The Hall–Kier alpha value is -1.44. The molecular weight excluding hydrogens is 316 g/mol. The van der Waals surface area contributed by atoms with E-state index in [-0.39, 0.29) is 24.0 Å². The Balaban J connectivity index is 1.46. The zero-order valence-corrected chi connectivity index (χ0v) is 13.8. The highest BCUT2D eigenvalue weighted by atomic mass is 32.1. The third kappa shape index (κ3) is 4.53. The summed E-state index contributed by atoms with van der Waals surface area (Å²) in [5.41, 5.74) is 0. The van der Waals surface area contributed by atoms with E-state index in [9.17, 15) is 9.59 Å². The van der Waals surface area contributed by atoms with Crippen molar-refractivity contribution in [3.63, 3.8) is 0 Å². The van der Waals surface area contributed by atoms with Crippen LogP contribution in [0.5, 0.6) is 0 Å². The molecule has 2 aliphatic rings. The molecule has 0 spiro atoms. The summed E-state index contributed by atoms with van der Waals surface area (Å²) in [5, 5.41) is 5.73. The minimum Gasteiger partial charge on any atom is -0.376 e. The van der Waals surface area contributed by atoms with Crippen LogP contribution in [0.4, 0.5) is 0 Å². The monoisotopic (exact) mass is 338 g/mol. The number of rotatable bonds is 6. The summed E-state index contributed by atoms with van der Waals surface area (Å²) in [7, 11) is 0. The molecule has 2 aliphatic heterocycles. The molecule has 2 N–H and O–H groups in total.